The predicted octanol–water partition coefficient (Wildman–Crippen LogP) is 2.29. The minimum absolute atomic E-state index is 0.121. The van der Waals surface area contributed by atoms with Crippen molar-refractivity contribution >= 4 is 0 Å². The standard InChI is InChI=1S/C12H17NO/c1-2-8-6-7-9-10(12(8)14)4-3-5-11(9)13/h6-7,11,14H,2-5,13H2,1H3/t11-/m0/s1. The quantitative estimate of drug-likeness (QED) is 0.715. The van der Waals surface area contributed by atoms with Gasteiger partial charge in [-0.3, -0.25) is 0 Å². The lowest BCUT2D eigenvalue weighted by atomic mass is 9.86. The molecule has 1 aliphatic rings. The molecule has 1 aliphatic carbocycles. The minimum atomic E-state index is 0.121. The van der Waals surface area contributed by atoms with E-state index in [9.17, 15) is 5.11 Å². The summed E-state index contributed by atoms with van der Waals surface area (Å²) in [6.07, 6.45) is 3.99. The average molecular weight is 191 g/mol. The molecule has 2 nitrogen and oxygen atoms in total. The fourth-order valence-electron chi connectivity index (χ4n) is 2.25. The van der Waals surface area contributed by atoms with Crippen molar-refractivity contribution in [3.8, 4) is 5.75 Å². The van der Waals surface area contributed by atoms with Gasteiger partial charge in [0.1, 0.15) is 5.75 Å². The topological polar surface area (TPSA) is 46.2 Å². The second kappa shape index (κ2) is 3.62. The molecule has 0 aliphatic heterocycles. The Kier molecular flexibility index (Phi) is 2.46. The summed E-state index contributed by atoms with van der Waals surface area (Å²) in [6.45, 7) is 2.06. The summed E-state index contributed by atoms with van der Waals surface area (Å²) in [7, 11) is 0. The summed E-state index contributed by atoms with van der Waals surface area (Å²) in [5.74, 6) is 0.486. The summed E-state index contributed by atoms with van der Waals surface area (Å²) in [5, 5.41) is 10.00. The first kappa shape index (κ1) is 9.53. The minimum Gasteiger partial charge on any atom is -0.507 e. The lowest BCUT2D eigenvalue weighted by Gasteiger charge is -2.24. The smallest absolute Gasteiger partial charge is 0.122 e. The van der Waals surface area contributed by atoms with E-state index in [4.69, 9.17) is 5.73 Å². The molecule has 0 saturated heterocycles. The van der Waals surface area contributed by atoms with Gasteiger partial charge in [0.05, 0.1) is 0 Å². The molecule has 0 unspecified atom stereocenters. The molecule has 3 N–H and O–H groups in total. The average Bonchev–Trinajstić information content (AvgIpc) is 2.20. The maximum absolute atomic E-state index is 10.00. The summed E-state index contributed by atoms with van der Waals surface area (Å²) in [5.41, 5.74) is 9.27. The molecule has 0 aromatic heterocycles. The van der Waals surface area contributed by atoms with Crippen LogP contribution in [0.5, 0.6) is 5.75 Å². The number of rotatable bonds is 1. The van der Waals surface area contributed by atoms with Crippen LogP contribution < -0.4 is 5.73 Å². The highest BCUT2D eigenvalue weighted by Gasteiger charge is 2.20. The van der Waals surface area contributed by atoms with Gasteiger partial charge in [0.2, 0.25) is 0 Å². The Balaban J connectivity index is 2.52. The first-order chi connectivity index (χ1) is 6.74. The van der Waals surface area contributed by atoms with Crippen LogP contribution in [0.3, 0.4) is 0 Å². The molecule has 0 radical (unpaired) electrons. The molecular formula is C12H17NO. The van der Waals surface area contributed by atoms with Crippen molar-refractivity contribution in [3.63, 3.8) is 0 Å². The van der Waals surface area contributed by atoms with Crippen LogP contribution >= 0.6 is 0 Å². The Bertz CT molecular complexity index is 346. The molecular weight excluding hydrogens is 174 g/mol. The molecule has 0 heterocycles. The third kappa shape index (κ3) is 1.40. The van der Waals surface area contributed by atoms with Crippen LogP contribution in [0, 0.1) is 0 Å². The zero-order valence-corrected chi connectivity index (χ0v) is 8.59. The lowest BCUT2D eigenvalue weighted by Crippen LogP contribution is -2.17. The van der Waals surface area contributed by atoms with Crippen molar-refractivity contribution in [3.05, 3.63) is 28.8 Å². The highest BCUT2D eigenvalue weighted by molar-refractivity contribution is 5.47. The Hall–Kier alpha value is -1.02. The number of hydrogen-bond donors (Lipinski definition) is 2. The third-order valence-electron chi connectivity index (χ3n) is 3.12. The molecule has 2 heteroatoms. The van der Waals surface area contributed by atoms with Crippen molar-refractivity contribution in [2.45, 2.75) is 38.6 Å². The Morgan fingerprint density at radius 3 is 3.00 bits per heavy atom. The van der Waals surface area contributed by atoms with E-state index in [1.165, 1.54) is 0 Å². The highest BCUT2D eigenvalue weighted by atomic mass is 16.3. The summed E-state index contributed by atoms with van der Waals surface area (Å²) in [4.78, 5) is 0. The summed E-state index contributed by atoms with van der Waals surface area (Å²) in [6, 6.07) is 4.20. The second-order valence-electron chi connectivity index (χ2n) is 3.99. The van der Waals surface area contributed by atoms with Gasteiger partial charge in [-0.2, -0.15) is 0 Å². The Labute approximate surface area is 84.7 Å². The molecule has 0 bridgehead atoms. The molecule has 1 aromatic rings. The van der Waals surface area contributed by atoms with E-state index in [2.05, 4.69) is 13.0 Å². The van der Waals surface area contributed by atoms with Crippen LogP contribution in [-0.4, -0.2) is 5.11 Å². The number of phenolic OH excluding ortho intramolecular Hbond substituents is 1. The Morgan fingerprint density at radius 1 is 1.50 bits per heavy atom. The molecule has 1 aromatic carbocycles. The maximum atomic E-state index is 10.00. The number of aromatic hydroxyl groups is 1. The maximum Gasteiger partial charge on any atom is 0.122 e. The molecule has 0 saturated carbocycles. The van der Waals surface area contributed by atoms with Crippen molar-refractivity contribution in [2.75, 3.05) is 0 Å². The van der Waals surface area contributed by atoms with Crippen molar-refractivity contribution in [1.29, 1.82) is 0 Å². The van der Waals surface area contributed by atoms with Crippen LogP contribution in [0.15, 0.2) is 12.1 Å². The van der Waals surface area contributed by atoms with Gasteiger partial charge < -0.3 is 10.8 Å². The lowest BCUT2D eigenvalue weighted by molar-refractivity contribution is 0.449. The van der Waals surface area contributed by atoms with Crippen LogP contribution in [0.4, 0.5) is 0 Å². The van der Waals surface area contributed by atoms with Gasteiger partial charge in [0.15, 0.2) is 0 Å². The largest absolute Gasteiger partial charge is 0.507 e. The number of phenols is 1. The zero-order chi connectivity index (χ0) is 10.1. The molecule has 2 rings (SSSR count). The molecule has 14 heavy (non-hydrogen) atoms. The summed E-state index contributed by atoms with van der Waals surface area (Å²) < 4.78 is 0. The highest BCUT2D eigenvalue weighted by Crippen LogP contribution is 2.35. The molecule has 0 spiro atoms. The van der Waals surface area contributed by atoms with Crippen molar-refractivity contribution in [2.24, 2.45) is 5.73 Å². The molecule has 1 atom stereocenters. The van der Waals surface area contributed by atoms with Gasteiger partial charge in [-0.1, -0.05) is 19.1 Å². The van der Waals surface area contributed by atoms with Crippen LogP contribution in [0.25, 0.3) is 0 Å². The van der Waals surface area contributed by atoms with Gasteiger partial charge in [0.25, 0.3) is 0 Å². The zero-order valence-electron chi connectivity index (χ0n) is 8.59. The van der Waals surface area contributed by atoms with E-state index in [0.29, 0.717) is 5.75 Å². The SMILES string of the molecule is CCc1ccc2c(c1O)CCC[C@@H]2N. The normalized spacial score (nSPS) is 20.6. The molecule has 0 amide bonds. The predicted molar refractivity (Wildman–Crippen MR) is 57.4 cm³/mol. The van der Waals surface area contributed by atoms with E-state index in [0.717, 1.165) is 42.4 Å². The van der Waals surface area contributed by atoms with Crippen molar-refractivity contribution in [1.82, 2.24) is 0 Å². The van der Waals surface area contributed by atoms with E-state index >= 15 is 0 Å². The van der Waals surface area contributed by atoms with Gasteiger partial charge in [-0.25, -0.2) is 0 Å². The fraction of sp³-hybridized carbons (Fsp3) is 0.500. The third-order valence-corrected chi connectivity index (χ3v) is 3.12. The fourth-order valence-corrected chi connectivity index (χ4v) is 2.25. The van der Waals surface area contributed by atoms with Gasteiger partial charge >= 0.3 is 0 Å². The van der Waals surface area contributed by atoms with Crippen LogP contribution in [-0.2, 0) is 12.8 Å². The van der Waals surface area contributed by atoms with Crippen molar-refractivity contribution < 1.29 is 5.11 Å². The van der Waals surface area contributed by atoms with E-state index in [1.807, 2.05) is 6.07 Å². The first-order valence-corrected chi connectivity index (χ1v) is 5.33. The van der Waals surface area contributed by atoms with E-state index in [-0.39, 0.29) is 6.04 Å². The van der Waals surface area contributed by atoms with Gasteiger partial charge in [0, 0.05) is 6.04 Å². The Morgan fingerprint density at radius 2 is 2.29 bits per heavy atom. The number of benzene rings is 1. The number of hydrogen-bond acceptors (Lipinski definition) is 2. The van der Waals surface area contributed by atoms with Crippen LogP contribution in [0.2, 0.25) is 0 Å². The van der Waals surface area contributed by atoms with E-state index in [1.54, 1.807) is 0 Å². The molecule has 76 valence electrons. The summed E-state index contributed by atoms with van der Waals surface area (Å²) >= 11 is 0. The van der Waals surface area contributed by atoms with Crippen LogP contribution in [0.1, 0.15) is 42.5 Å². The number of nitrogens with two attached hydrogens (primary N) is 1. The number of aryl methyl sites for hydroxylation is 1. The molecule has 0 fully saturated rings. The first-order valence-electron chi connectivity index (χ1n) is 5.33. The second-order valence-corrected chi connectivity index (χ2v) is 3.99. The van der Waals surface area contributed by atoms with Gasteiger partial charge in [-0.05, 0) is 42.4 Å². The van der Waals surface area contributed by atoms with E-state index < -0.39 is 0 Å². The number of fused-ring (bicyclic) bond motifs is 1. The van der Waals surface area contributed by atoms with Gasteiger partial charge in [-0.15, -0.1) is 0 Å². The monoisotopic (exact) mass is 191 g/mol.